The summed E-state index contributed by atoms with van der Waals surface area (Å²) in [5, 5.41) is 0. The topological polar surface area (TPSA) is 38.8 Å². The Morgan fingerprint density at radius 1 is 1.06 bits per heavy atom. The lowest BCUT2D eigenvalue weighted by molar-refractivity contribution is -0.137. The Balaban J connectivity index is 1.70. The summed E-state index contributed by atoms with van der Waals surface area (Å²) < 4.78 is 50.4. The number of carbonyl (C=O) groups is 1. The maximum atomic E-state index is 12.9. The molecule has 2 aromatic carbocycles. The van der Waals surface area contributed by atoms with Crippen molar-refractivity contribution in [1.29, 1.82) is 0 Å². The first-order chi connectivity index (χ1) is 15.4. The zero-order valence-electron chi connectivity index (χ0n) is 19.6. The fraction of sp³-hybridized carbons (Fsp3) is 0.500. The first kappa shape index (κ1) is 24.9. The van der Waals surface area contributed by atoms with E-state index in [2.05, 4.69) is 6.92 Å². The SMILES string of the molecule is CC1CN(C(=O)OC(C)(C)C)CCC1CC(Oc1ccc(C(F)(F)F)cc1)c1ccccc1. The first-order valence-electron chi connectivity index (χ1n) is 11.3. The Labute approximate surface area is 193 Å². The van der Waals surface area contributed by atoms with Crippen molar-refractivity contribution in [2.75, 3.05) is 13.1 Å². The first-order valence-corrected chi connectivity index (χ1v) is 11.3. The third-order valence-corrected chi connectivity index (χ3v) is 5.88. The number of rotatable bonds is 5. The molecule has 7 heteroatoms. The maximum absolute atomic E-state index is 12.9. The highest BCUT2D eigenvalue weighted by Gasteiger charge is 2.34. The molecule has 3 atom stereocenters. The molecule has 0 N–H and O–H groups in total. The number of hydrogen-bond acceptors (Lipinski definition) is 3. The molecule has 1 aliphatic heterocycles. The lowest BCUT2D eigenvalue weighted by Gasteiger charge is -2.38. The van der Waals surface area contributed by atoms with Gasteiger partial charge in [-0.25, -0.2) is 4.79 Å². The molecule has 1 amide bonds. The minimum absolute atomic E-state index is 0.230. The van der Waals surface area contributed by atoms with Gasteiger partial charge in [-0.15, -0.1) is 0 Å². The predicted molar refractivity (Wildman–Crippen MR) is 121 cm³/mol. The van der Waals surface area contributed by atoms with Crippen molar-refractivity contribution >= 4 is 6.09 Å². The normalized spacial score (nSPS) is 20.3. The molecule has 0 bridgehead atoms. The summed E-state index contributed by atoms with van der Waals surface area (Å²) in [5.41, 5.74) is -0.265. The summed E-state index contributed by atoms with van der Waals surface area (Å²) in [5.74, 6) is 0.924. The van der Waals surface area contributed by atoms with E-state index in [-0.39, 0.29) is 18.1 Å². The molecule has 0 aliphatic carbocycles. The van der Waals surface area contributed by atoms with Crippen LogP contribution in [0.2, 0.25) is 0 Å². The highest BCUT2D eigenvalue weighted by atomic mass is 19.4. The van der Waals surface area contributed by atoms with Gasteiger partial charge in [0.1, 0.15) is 17.5 Å². The zero-order chi connectivity index (χ0) is 24.2. The van der Waals surface area contributed by atoms with Crippen LogP contribution < -0.4 is 4.74 Å². The molecule has 1 fully saturated rings. The quantitative estimate of drug-likeness (QED) is 0.474. The smallest absolute Gasteiger partial charge is 0.416 e. The van der Waals surface area contributed by atoms with E-state index in [1.54, 1.807) is 4.90 Å². The molecule has 2 aromatic rings. The minimum atomic E-state index is -4.38. The van der Waals surface area contributed by atoms with Gasteiger partial charge in [0.15, 0.2) is 0 Å². The Hall–Kier alpha value is -2.70. The second kappa shape index (κ2) is 10.1. The minimum Gasteiger partial charge on any atom is -0.486 e. The Kier molecular flexibility index (Phi) is 7.60. The number of piperidine rings is 1. The van der Waals surface area contributed by atoms with Crippen LogP contribution in [0.25, 0.3) is 0 Å². The van der Waals surface area contributed by atoms with Gasteiger partial charge < -0.3 is 14.4 Å². The number of hydrogen-bond donors (Lipinski definition) is 0. The molecule has 1 saturated heterocycles. The van der Waals surface area contributed by atoms with E-state index in [0.717, 1.165) is 24.1 Å². The maximum Gasteiger partial charge on any atom is 0.416 e. The van der Waals surface area contributed by atoms with Gasteiger partial charge in [0.05, 0.1) is 5.56 Å². The molecule has 180 valence electrons. The number of ether oxygens (including phenoxy) is 2. The average molecular weight is 464 g/mol. The summed E-state index contributed by atoms with van der Waals surface area (Å²) in [6.07, 6.45) is -3.47. The Morgan fingerprint density at radius 2 is 1.70 bits per heavy atom. The lowest BCUT2D eigenvalue weighted by Crippen LogP contribution is -2.45. The van der Waals surface area contributed by atoms with Gasteiger partial charge in [-0.3, -0.25) is 0 Å². The lowest BCUT2D eigenvalue weighted by atomic mass is 9.82. The third-order valence-electron chi connectivity index (χ3n) is 5.88. The van der Waals surface area contributed by atoms with E-state index in [9.17, 15) is 18.0 Å². The molecular weight excluding hydrogens is 431 g/mol. The van der Waals surface area contributed by atoms with Crippen LogP contribution >= 0.6 is 0 Å². The van der Waals surface area contributed by atoms with Crippen molar-refractivity contribution in [2.24, 2.45) is 11.8 Å². The summed E-state index contributed by atoms with van der Waals surface area (Å²) in [6, 6.07) is 14.5. The molecule has 4 nitrogen and oxygen atoms in total. The van der Waals surface area contributed by atoms with E-state index < -0.39 is 17.3 Å². The number of nitrogens with zero attached hydrogens (tertiary/aromatic N) is 1. The van der Waals surface area contributed by atoms with E-state index in [0.29, 0.717) is 31.2 Å². The molecule has 0 radical (unpaired) electrons. The van der Waals surface area contributed by atoms with Gasteiger partial charge in [0.25, 0.3) is 0 Å². The predicted octanol–water partition coefficient (Wildman–Crippen LogP) is 7.11. The fourth-order valence-corrected chi connectivity index (χ4v) is 4.12. The molecule has 0 saturated carbocycles. The Morgan fingerprint density at radius 3 is 2.24 bits per heavy atom. The van der Waals surface area contributed by atoms with Crippen LogP contribution in [0.3, 0.4) is 0 Å². The average Bonchev–Trinajstić information content (AvgIpc) is 2.73. The van der Waals surface area contributed by atoms with Crippen LogP contribution in [-0.4, -0.2) is 29.7 Å². The number of halogens is 3. The number of carbonyl (C=O) groups excluding carboxylic acids is 1. The van der Waals surface area contributed by atoms with Crippen molar-refractivity contribution < 1.29 is 27.4 Å². The van der Waals surface area contributed by atoms with Crippen molar-refractivity contribution in [3.8, 4) is 5.75 Å². The van der Waals surface area contributed by atoms with Crippen molar-refractivity contribution in [2.45, 2.75) is 58.4 Å². The van der Waals surface area contributed by atoms with Gasteiger partial charge in [0.2, 0.25) is 0 Å². The van der Waals surface area contributed by atoms with E-state index in [1.165, 1.54) is 12.1 Å². The molecule has 1 aliphatic rings. The largest absolute Gasteiger partial charge is 0.486 e. The monoisotopic (exact) mass is 463 g/mol. The number of benzene rings is 2. The summed E-state index contributed by atoms with van der Waals surface area (Å²) in [7, 11) is 0. The van der Waals surface area contributed by atoms with Crippen LogP contribution in [0.15, 0.2) is 54.6 Å². The van der Waals surface area contributed by atoms with Crippen LogP contribution in [-0.2, 0) is 10.9 Å². The summed E-state index contributed by atoms with van der Waals surface area (Å²) in [6.45, 7) is 8.87. The molecule has 33 heavy (non-hydrogen) atoms. The van der Waals surface area contributed by atoms with Gasteiger partial charge in [-0.05, 0) is 75.3 Å². The molecule has 0 aromatic heterocycles. The Bertz CT molecular complexity index is 907. The summed E-state index contributed by atoms with van der Waals surface area (Å²) >= 11 is 0. The highest BCUT2D eigenvalue weighted by molar-refractivity contribution is 5.68. The van der Waals surface area contributed by atoms with Gasteiger partial charge in [-0.1, -0.05) is 37.3 Å². The zero-order valence-corrected chi connectivity index (χ0v) is 19.6. The number of alkyl halides is 3. The molecule has 3 rings (SSSR count). The van der Waals surface area contributed by atoms with Crippen molar-refractivity contribution in [3.63, 3.8) is 0 Å². The van der Waals surface area contributed by atoms with Gasteiger partial charge >= 0.3 is 12.3 Å². The van der Waals surface area contributed by atoms with E-state index >= 15 is 0 Å². The van der Waals surface area contributed by atoms with Crippen molar-refractivity contribution in [1.82, 2.24) is 4.90 Å². The van der Waals surface area contributed by atoms with Gasteiger partial charge in [0, 0.05) is 13.1 Å². The molecule has 0 spiro atoms. The summed E-state index contributed by atoms with van der Waals surface area (Å²) in [4.78, 5) is 14.2. The molecule has 3 unspecified atom stereocenters. The van der Waals surface area contributed by atoms with Crippen molar-refractivity contribution in [3.05, 3.63) is 65.7 Å². The fourth-order valence-electron chi connectivity index (χ4n) is 4.12. The molecular formula is C26H32F3NO3. The third kappa shape index (κ3) is 7.14. The standard InChI is InChI=1S/C26H32F3NO3/c1-18-17-30(24(31)33-25(2,3)4)15-14-20(18)16-23(19-8-6-5-7-9-19)32-22-12-10-21(11-13-22)26(27,28)29/h5-13,18,20,23H,14-17H2,1-4H3. The molecule has 1 heterocycles. The second-order valence-electron chi connectivity index (χ2n) is 9.73. The van der Waals surface area contributed by atoms with Gasteiger partial charge in [-0.2, -0.15) is 13.2 Å². The number of likely N-dealkylation sites (tertiary alicyclic amines) is 1. The van der Waals surface area contributed by atoms with Crippen LogP contribution in [0.4, 0.5) is 18.0 Å². The van der Waals surface area contributed by atoms with Crippen LogP contribution in [0.5, 0.6) is 5.75 Å². The van der Waals surface area contributed by atoms with E-state index in [4.69, 9.17) is 9.47 Å². The van der Waals surface area contributed by atoms with Crippen LogP contribution in [0.1, 0.15) is 57.8 Å². The number of amides is 1. The second-order valence-corrected chi connectivity index (χ2v) is 9.73. The van der Waals surface area contributed by atoms with E-state index in [1.807, 2.05) is 51.1 Å². The van der Waals surface area contributed by atoms with Crippen LogP contribution in [0, 0.1) is 11.8 Å². The highest BCUT2D eigenvalue weighted by Crippen LogP contribution is 2.36.